The number of ether oxygens (including phenoxy) is 2. The van der Waals surface area contributed by atoms with E-state index < -0.39 is 0 Å². The van der Waals surface area contributed by atoms with Crippen molar-refractivity contribution < 1.29 is 14.3 Å². The van der Waals surface area contributed by atoms with Crippen LogP contribution in [0.1, 0.15) is 6.92 Å². The number of nitrogens with two attached hydrogens (primary N) is 1. The normalized spacial score (nSPS) is 8.47. The van der Waals surface area contributed by atoms with Crippen LogP contribution < -0.4 is 20.7 Å². The maximum Gasteiger partial charge on any atom is 0.214 e. The van der Waals surface area contributed by atoms with Crippen molar-refractivity contribution in [1.82, 2.24) is 0 Å². The van der Waals surface area contributed by atoms with E-state index in [4.69, 9.17) is 17.3 Å². The van der Waals surface area contributed by atoms with Crippen LogP contribution in [0.25, 0.3) is 0 Å². The molecule has 1 amide bonds. The second kappa shape index (κ2) is 6.76. The number of hydrogen-bond acceptors (Lipinski definition) is 3. The number of rotatable bonds is 2. The first-order chi connectivity index (χ1) is 7.01. The van der Waals surface area contributed by atoms with Crippen molar-refractivity contribution in [3.05, 3.63) is 18.2 Å². The molecule has 0 heterocycles. The molecule has 15 heavy (non-hydrogen) atoms. The second-order valence-corrected chi connectivity index (χ2v) is 2.73. The zero-order valence-electron chi connectivity index (χ0n) is 9.11. The monoisotopic (exact) mass is 207 g/mol. The molecule has 2 radical (unpaired) electrons. The lowest BCUT2D eigenvalue weighted by Gasteiger charge is -2.07. The van der Waals surface area contributed by atoms with Gasteiger partial charge in [0.15, 0.2) is 11.5 Å². The highest BCUT2D eigenvalue weighted by molar-refractivity contribution is 6.32. The van der Waals surface area contributed by atoms with Gasteiger partial charge in [0.25, 0.3) is 0 Å². The van der Waals surface area contributed by atoms with Crippen LogP contribution in [0.5, 0.6) is 11.5 Å². The molecule has 0 unspecified atom stereocenters. The molecule has 1 aromatic rings. The Kier molecular flexibility index (Phi) is 6.02. The molecule has 0 saturated heterocycles. The first-order valence-corrected chi connectivity index (χ1v) is 4.24. The quantitative estimate of drug-likeness (QED) is 0.693. The van der Waals surface area contributed by atoms with Crippen LogP contribution in [0.15, 0.2) is 18.2 Å². The van der Waals surface area contributed by atoms with Gasteiger partial charge in [-0.2, -0.15) is 0 Å². The molecular weight excluding hydrogens is 193 g/mol. The van der Waals surface area contributed by atoms with Gasteiger partial charge in [-0.25, -0.2) is 0 Å². The fourth-order valence-corrected chi connectivity index (χ4v) is 0.853. The highest BCUT2D eigenvalue weighted by Crippen LogP contribution is 2.23. The van der Waals surface area contributed by atoms with Crippen molar-refractivity contribution in [2.75, 3.05) is 14.2 Å². The van der Waals surface area contributed by atoms with Crippen LogP contribution in [0, 0.1) is 0 Å². The van der Waals surface area contributed by atoms with E-state index in [1.807, 2.05) is 0 Å². The Balaban J connectivity index is 0.000000423. The predicted molar refractivity (Wildman–Crippen MR) is 59.8 cm³/mol. The Labute approximate surface area is 90.8 Å². The molecule has 0 saturated carbocycles. The average molecular weight is 207 g/mol. The molecule has 0 aliphatic heterocycles. The number of methoxy groups -OCH3 is 2. The lowest BCUT2D eigenvalue weighted by molar-refractivity contribution is -0.115. The largest absolute Gasteiger partial charge is 0.493 e. The third-order valence-electron chi connectivity index (χ3n) is 1.41. The summed E-state index contributed by atoms with van der Waals surface area (Å²) in [6, 6.07) is 5.26. The maximum absolute atomic E-state index is 9.22. The van der Waals surface area contributed by atoms with E-state index in [-0.39, 0.29) is 5.91 Å². The van der Waals surface area contributed by atoms with Gasteiger partial charge in [-0.05, 0) is 12.1 Å². The maximum atomic E-state index is 9.22. The van der Waals surface area contributed by atoms with Gasteiger partial charge in [-0.1, -0.05) is 11.5 Å². The molecule has 5 heteroatoms. The van der Waals surface area contributed by atoms with E-state index in [2.05, 4.69) is 5.73 Å². The van der Waals surface area contributed by atoms with Crippen LogP contribution in [-0.2, 0) is 4.79 Å². The number of hydrogen-bond donors (Lipinski definition) is 1. The summed E-state index contributed by atoms with van der Waals surface area (Å²) in [6.45, 7) is 1.31. The lowest BCUT2D eigenvalue weighted by Crippen LogP contribution is -2.02. The molecule has 0 atom stereocenters. The SMILES string of the molecule is CC(N)=O.[B]c1ccc(OC)c(OC)c1. The summed E-state index contributed by atoms with van der Waals surface area (Å²) in [4.78, 5) is 9.22. The topological polar surface area (TPSA) is 61.6 Å². The highest BCUT2D eigenvalue weighted by atomic mass is 16.5. The van der Waals surface area contributed by atoms with E-state index in [9.17, 15) is 4.79 Å². The molecule has 80 valence electrons. The van der Waals surface area contributed by atoms with Crippen molar-refractivity contribution in [1.29, 1.82) is 0 Å². The van der Waals surface area contributed by atoms with Crippen LogP contribution in [0.2, 0.25) is 0 Å². The molecule has 0 fully saturated rings. The molecular formula is C10H14BNO3. The summed E-state index contributed by atoms with van der Waals surface area (Å²) in [6.07, 6.45) is 0. The Morgan fingerprint density at radius 1 is 1.27 bits per heavy atom. The van der Waals surface area contributed by atoms with Gasteiger partial charge in [0.1, 0.15) is 7.85 Å². The first-order valence-electron chi connectivity index (χ1n) is 4.24. The third-order valence-corrected chi connectivity index (χ3v) is 1.41. The highest BCUT2D eigenvalue weighted by Gasteiger charge is 2.00. The average Bonchev–Trinajstić information content (AvgIpc) is 2.16. The summed E-state index contributed by atoms with van der Waals surface area (Å²) < 4.78 is 10.0. The van der Waals surface area contributed by atoms with E-state index in [1.54, 1.807) is 32.4 Å². The van der Waals surface area contributed by atoms with Gasteiger partial charge < -0.3 is 15.2 Å². The van der Waals surface area contributed by atoms with E-state index in [0.717, 1.165) is 0 Å². The molecule has 1 aromatic carbocycles. The summed E-state index contributed by atoms with van der Waals surface area (Å²) in [7, 11) is 8.69. The van der Waals surface area contributed by atoms with Gasteiger partial charge >= 0.3 is 0 Å². The molecule has 0 aromatic heterocycles. The van der Waals surface area contributed by atoms with Crippen LogP contribution >= 0.6 is 0 Å². The van der Waals surface area contributed by atoms with Crippen molar-refractivity contribution in [2.24, 2.45) is 5.73 Å². The van der Waals surface area contributed by atoms with Gasteiger partial charge in [0.2, 0.25) is 5.91 Å². The molecule has 1 rings (SSSR count). The minimum absolute atomic E-state index is 0.333. The standard InChI is InChI=1S/C8H9BO2.C2H5NO/c1-10-7-4-3-6(9)5-8(7)11-2;1-2(3)4/h3-5H,1-2H3;1H3,(H2,3,4). The zero-order chi connectivity index (χ0) is 11.8. The smallest absolute Gasteiger partial charge is 0.214 e. The van der Waals surface area contributed by atoms with Crippen molar-refractivity contribution in [3.8, 4) is 11.5 Å². The molecule has 0 aliphatic carbocycles. The molecule has 0 spiro atoms. The molecule has 2 N–H and O–H groups in total. The molecule has 4 nitrogen and oxygen atoms in total. The van der Waals surface area contributed by atoms with E-state index in [1.165, 1.54) is 6.92 Å². The first kappa shape index (κ1) is 13.4. The Morgan fingerprint density at radius 3 is 2.13 bits per heavy atom. The van der Waals surface area contributed by atoms with E-state index >= 15 is 0 Å². The van der Waals surface area contributed by atoms with Crippen LogP contribution in [-0.4, -0.2) is 28.0 Å². The van der Waals surface area contributed by atoms with Gasteiger partial charge in [0.05, 0.1) is 14.2 Å². The molecule has 0 bridgehead atoms. The minimum atomic E-state index is -0.333. The number of primary amides is 1. The Bertz CT molecular complexity index is 324. The molecule has 0 aliphatic rings. The number of carbonyl (C=O) groups is 1. The van der Waals surface area contributed by atoms with Gasteiger partial charge in [0, 0.05) is 6.92 Å². The van der Waals surface area contributed by atoms with Crippen molar-refractivity contribution in [2.45, 2.75) is 6.92 Å². The van der Waals surface area contributed by atoms with Crippen molar-refractivity contribution >= 4 is 19.2 Å². The fraction of sp³-hybridized carbons (Fsp3) is 0.300. The summed E-state index contributed by atoms with van der Waals surface area (Å²) >= 11 is 0. The third kappa shape index (κ3) is 5.62. The second-order valence-electron chi connectivity index (χ2n) is 2.73. The van der Waals surface area contributed by atoms with Gasteiger partial charge in [-0.3, -0.25) is 4.79 Å². The van der Waals surface area contributed by atoms with Crippen LogP contribution in [0.3, 0.4) is 0 Å². The Hall–Kier alpha value is -1.65. The van der Waals surface area contributed by atoms with E-state index in [0.29, 0.717) is 17.0 Å². The fourth-order valence-electron chi connectivity index (χ4n) is 0.853. The van der Waals surface area contributed by atoms with Crippen molar-refractivity contribution in [3.63, 3.8) is 0 Å². The minimum Gasteiger partial charge on any atom is -0.493 e. The van der Waals surface area contributed by atoms with Gasteiger partial charge in [-0.15, -0.1) is 0 Å². The Morgan fingerprint density at radius 2 is 1.73 bits per heavy atom. The zero-order valence-corrected chi connectivity index (χ0v) is 9.11. The summed E-state index contributed by atoms with van der Waals surface area (Å²) in [5.41, 5.74) is 5.14. The lowest BCUT2D eigenvalue weighted by atomic mass is 9.96. The summed E-state index contributed by atoms with van der Waals surface area (Å²) in [5, 5.41) is 0. The summed E-state index contributed by atoms with van der Waals surface area (Å²) in [5.74, 6) is 1.02. The number of carbonyl (C=O) groups excluding carboxylic acids is 1. The van der Waals surface area contributed by atoms with Crippen LogP contribution in [0.4, 0.5) is 0 Å². The number of benzene rings is 1. The predicted octanol–water partition coefficient (Wildman–Crippen LogP) is -0.0108. The number of amides is 1.